The third-order valence-electron chi connectivity index (χ3n) is 3.30. The van der Waals surface area contributed by atoms with Gasteiger partial charge in [0.1, 0.15) is 0 Å². The molecule has 0 radical (unpaired) electrons. The minimum Gasteiger partial charge on any atom is -0.307 e. The predicted molar refractivity (Wildman–Crippen MR) is 87.4 cm³/mol. The number of nitrogens with zero attached hydrogens (tertiary/aromatic N) is 1. The standard InChI is InChI=1S/C16H17N3OS/c1-19(2)18-16(20)17-12-7-5-11-6-8-13(14(11)10-12)15-4-3-9-21-15/h3-5,7-10H,6H2,1-2H3,(H2,17,18,20). The van der Waals surface area contributed by atoms with E-state index in [1.807, 2.05) is 12.1 Å². The molecule has 5 heteroatoms. The highest BCUT2D eigenvalue weighted by Gasteiger charge is 2.17. The first-order chi connectivity index (χ1) is 10.1. The molecule has 0 aliphatic heterocycles. The van der Waals surface area contributed by atoms with Crippen LogP contribution in [0.5, 0.6) is 0 Å². The Kier molecular flexibility index (Phi) is 3.77. The second-order valence-corrected chi connectivity index (χ2v) is 6.08. The van der Waals surface area contributed by atoms with Gasteiger partial charge >= 0.3 is 6.03 Å². The van der Waals surface area contributed by atoms with E-state index < -0.39 is 0 Å². The summed E-state index contributed by atoms with van der Waals surface area (Å²) in [6, 6.07) is 10.0. The van der Waals surface area contributed by atoms with Crippen molar-refractivity contribution in [3.05, 3.63) is 57.8 Å². The molecule has 1 aliphatic carbocycles. The summed E-state index contributed by atoms with van der Waals surface area (Å²) in [6.07, 6.45) is 3.20. The van der Waals surface area contributed by atoms with Crippen LogP contribution in [0.1, 0.15) is 16.0 Å². The van der Waals surface area contributed by atoms with E-state index in [1.165, 1.54) is 21.6 Å². The number of benzene rings is 1. The minimum atomic E-state index is -0.236. The van der Waals surface area contributed by atoms with E-state index >= 15 is 0 Å². The first-order valence-corrected chi connectivity index (χ1v) is 7.64. The Bertz CT molecular complexity index is 690. The highest BCUT2D eigenvalue weighted by Crippen LogP contribution is 2.36. The number of hydrazine groups is 1. The Morgan fingerprint density at radius 2 is 2.14 bits per heavy atom. The lowest BCUT2D eigenvalue weighted by molar-refractivity contribution is 0.224. The monoisotopic (exact) mass is 299 g/mol. The minimum absolute atomic E-state index is 0.236. The average molecular weight is 299 g/mol. The molecule has 1 aromatic heterocycles. The SMILES string of the molecule is CN(C)NC(=O)Nc1ccc2c(c1)C(c1cccs1)=CC2. The van der Waals surface area contributed by atoms with E-state index in [0.717, 1.165) is 12.1 Å². The second kappa shape index (κ2) is 5.71. The van der Waals surface area contributed by atoms with E-state index in [1.54, 1.807) is 30.4 Å². The predicted octanol–water partition coefficient (Wildman–Crippen LogP) is 3.33. The first-order valence-electron chi connectivity index (χ1n) is 6.76. The van der Waals surface area contributed by atoms with Gasteiger partial charge in [-0.1, -0.05) is 18.2 Å². The Labute approximate surface area is 128 Å². The van der Waals surface area contributed by atoms with Crippen LogP contribution in [0, 0.1) is 0 Å². The van der Waals surface area contributed by atoms with Crippen molar-refractivity contribution in [2.45, 2.75) is 6.42 Å². The number of nitrogens with one attached hydrogen (secondary N) is 2. The molecule has 1 heterocycles. The second-order valence-electron chi connectivity index (χ2n) is 5.13. The maximum absolute atomic E-state index is 11.8. The molecule has 1 aliphatic rings. The van der Waals surface area contributed by atoms with Crippen molar-refractivity contribution in [3.8, 4) is 0 Å². The lowest BCUT2D eigenvalue weighted by atomic mass is 10.0. The number of rotatable bonds is 3. The zero-order chi connectivity index (χ0) is 14.8. The van der Waals surface area contributed by atoms with Gasteiger partial charge in [0.2, 0.25) is 0 Å². The largest absolute Gasteiger partial charge is 0.333 e. The van der Waals surface area contributed by atoms with Crippen LogP contribution >= 0.6 is 11.3 Å². The van der Waals surface area contributed by atoms with E-state index in [4.69, 9.17) is 0 Å². The third-order valence-corrected chi connectivity index (χ3v) is 4.20. The van der Waals surface area contributed by atoms with Crippen molar-refractivity contribution in [2.75, 3.05) is 19.4 Å². The Hall–Kier alpha value is -2.11. The molecule has 0 unspecified atom stereocenters. The van der Waals surface area contributed by atoms with E-state index in [2.05, 4.69) is 40.4 Å². The van der Waals surface area contributed by atoms with Crippen molar-refractivity contribution in [1.82, 2.24) is 10.4 Å². The molecule has 0 atom stereocenters. The summed E-state index contributed by atoms with van der Waals surface area (Å²) in [7, 11) is 3.56. The van der Waals surface area contributed by atoms with Crippen molar-refractivity contribution in [1.29, 1.82) is 0 Å². The van der Waals surface area contributed by atoms with E-state index in [-0.39, 0.29) is 6.03 Å². The van der Waals surface area contributed by atoms with Gasteiger partial charge in [-0.3, -0.25) is 5.43 Å². The molecule has 2 aromatic rings. The van der Waals surface area contributed by atoms with Gasteiger partial charge in [0.05, 0.1) is 0 Å². The fraction of sp³-hybridized carbons (Fsp3) is 0.188. The van der Waals surface area contributed by atoms with Crippen molar-refractivity contribution < 1.29 is 4.79 Å². The molecule has 0 bridgehead atoms. The fourth-order valence-electron chi connectivity index (χ4n) is 2.43. The Morgan fingerprint density at radius 1 is 1.29 bits per heavy atom. The number of urea groups is 1. The van der Waals surface area contributed by atoms with Gasteiger partial charge in [-0.15, -0.1) is 11.3 Å². The summed E-state index contributed by atoms with van der Waals surface area (Å²) in [4.78, 5) is 13.0. The molecule has 0 saturated heterocycles. The molecule has 1 aromatic carbocycles. The Morgan fingerprint density at radius 3 is 2.86 bits per heavy atom. The van der Waals surface area contributed by atoms with Gasteiger partial charge in [-0.05, 0) is 46.7 Å². The molecule has 0 fully saturated rings. The van der Waals surface area contributed by atoms with Crippen molar-refractivity contribution in [3.63, 3.8) is 0 Å². The van der Waals surface area contributed by atoms with Crippen LogP contribution in [0.25, 0.3) is 5.57 Å². The highest BCUT2D eigenvalue weighted by atomic mass is 32.1. The summed E-state index contributed by atoms with van der Waals surface area (Å²) in [6.45, 7) is 0. The number of allylic oxidation sites excluding steroid dienone is 1. The zero-order valence-corrected chi connectivity index (χ0v) is 12.8. The number of hydrogen-bond acceptors (Lipinski definition) is 3. The lowest BCUT2D eigenvalue weighted by Gasteiger charge is -2.14. The van der Waals surface area contributed by atoms with Crippen LogP contribution in [0.3, 0.4) is 0 Å². The molecule has 2 amide bonds. The molecular formula is C16H17N3OS. The average Bonchev–Trinajstić information content (AvgIpc) is 3.05. The molecule has 3 rings (SSSR count). The van der Waals surface area contributed by atoms with E-state index in [0.29, 0.717) is 0 Å². The fourth-order valence-corrected chi connectivity index (χ4v) is 3.21. The number of hydrogen-bond donors (Lipinski definition) is 2. The summed E-state index contributed by atoms with van der Waals surface area (Å²) >= 11 is 1.74. The molecule has 108 valence electrons. The third kappa shape index (κ3) is 2.99. The zero-order valence-electron chi connectivity index (χ0n) is 12.0. The summed E-state index contributed by atoms with van der Waals surface area (Å²) < 4.78 is 0. The van der Waals surface area contributed by atoms with E-state index in [9.17, 15) is 4.79 Å². The quantitative estimate of drug-likeness (QED) is 0.854. The Balaban J connectivity index is 1.83. The van der Waals surface area contributed by atoms with Crippen LogP contribution in [0.4, 0.5) is 10.5 Å². The molecule has 0 saturated carbocycles. The van der Waals surface area contributed by atoms with Gasteiger partial charge in [0.15, 0.2) is 0 Å². The number of carbonyl (C=O) groups excluding carboxylic acids is 1. The molecule has 4 nitrogen and oxygen atoms in total. The molecular weight excluding hydrogens is 282 g/mol. The van der Waals surface area contributed by atoms with Crippen LogP contribution in [0.2, 0.25) is 0 Å². The maximum Gasteiger partial charge on any atom is 0.333 e. The van der Waals surface area contributed by atoms with Gasteiger partial charge in [0, 0.05) is 24.7 Å². The summed E-state index contributed by atoms with van der Waals surface area (Å²) in [5, 5.41) is 6.55. The van der Waals surface area contributed by atoms with Gasteiger partial charge in [-0.2, -0.15) is 0 Å². The van der Waals surface area contributed by atoms with Crippen LogP contribution < -0.4 is 10.7 Å². The number of anilines is 1. The van der Waals surface area contributed by atoms with Gasteiger partial charge < -0.3 is 5.32 Å². The highest BCUT2D eigenvalue weighted by molar-refractivity contribution is 7.11. The van der Waals surface area contributed by atoms with Crippen LogP contribution in [-0.2, 0) is 6.42 Å². The van der Waals surface area contributed by atoms with Crippen LogP contribution in [-0.4, -0.2) is 25.1 Å². The molecule has 21 heavy (non-hydrogen) atoms. The number of fused-ring (bicyclic) bond motifs is 1. The normalized spacial score (nSPS) is 13.0. The summed E-state index contributed by atoms with van der Waals surface area (Å²) in [5.74, 6) is 0. The topological polar surface area (TPSA) is 44.4 Å². The lowest BCUT2D eigenvalue weighted by Crippen LogP contribution is -2.39. The van der Waals surface area contributed by atoms with Gasteiger partial charge in [-0.25, -0.2) is 9.80 Å². The van der Waals surface area contributed by atoms with Gasteiger partial charge in [0.25, 0.3) is 0 Å². The molecule has 2 N–H and O–H groups in total. The smallest absolute Gasteiger partial charge is 0.307 e. The molecule has 0 spiro atoms. The van der Waals surface area contributed by atoms with Crippen LogP contribution in [0.15, 0.2) is 41.8 Å². The number of amides is 2. The number of carbonyl (C=O) groups is 1. The maximum atomic E-state index is 11.8. The van der Waals surface area contributed by atoms with Crippen molar-refractivity contribution in [2.24, 2.45) is 0 Å². The first kappa shape index (κ1) is 13.9. The van der Waals surface area contributed by atoms with Crippen molar-refractivity contribution >= 4 is 28.6 Å². The number of thiophene rings is 1. The summed E-state index contributed by atoms with van der Waals surface area (Å²) in [5.41, 5.74) is 7.24.